The van der Waals surface area contributed by atoms with Crippen LogP contribution in [0.4, 0.5) is 4.79 Å². The molecule has 8 nitrogen and oxygen atoms in total. The Hall–Kier alpha value is -2.09. The normalized spacial score (nSPS) is 15.6. The van der Waals surface area contributed by atoms with Gasteiger partial charge in [0.1, 0.15) is 0 Å². The number of carbonyl (C=O) groups excluding carboxylic acids is 2. The van der Waals surface area contributed by atoms with Gasteiger partial charge in [0.05, 0.1) is 17.8 Å². The van der Waals surface area contributed by atoms with Crippen molar-refractivity contribution in [2.45, 2.75) is 39.7 Å². The summed E-state index contributed by atoms with van der Waals surface area (Å²) in [6.45, 7) is 9.07. The molecule has 0 atom stereocenters. The third-order valence-electron chi connectivity index (χ3n) is 4.65. The molecule has 0 saturated carbocycles. The number of nitrogens with one attached hydrogen (secondary N) is 2. The highest BCUT2D eigenvalue weighted by atomic mass is 16.2. The van der Waals surface area contributed by atoms with Crippen LogP contribution in [0.1, 0.15) is 48.8 Å². The molecule has 2 N–H and O–H groups in total. The Morgan fingerprint density at radius 3 is 2.38 bits per heavy atom. The summed E-state index contributed by atoms with van der Waals surface area (Å²) in [5.41, 5.74) is 6.28. The van der Waals surface area contributed by atoms with Crippen LogP contribution in [-0.2, 0) is 0 Å². The van der Waals surface area contributed by atoms with Gasteiger partial charge in [0, 0.05) is 31.9 Å². The second-order valence-corrected chi connectivity index (χ2v) is 6.23. The van der Waals surface area contributed by atoms with Gasteiger partial charge in [-0.05, 0) is 26.8 Å². The minimum absolute atomic E-state index is 0.276. The lowest BCUT2D eigenvalue weighted by molar-refractivity contribution is 0.0922. The first-order valence-electron chi connectivity index (χ1n) is 8.55. The molecule has 1 fully saturated rings. The first-order valence-corrected chi connectivity index (χ1v) is 8.55. The van der Waals surface area contributed by atoms with E-state index in [1.165, 1.54) is 0 Å². The third kappa shape index (κ3) is 4.05. The van der Waals surface area contributed by atoms with Gasteiger partial charge in [0.2, 0.25) is 0 Å². The zero-order valence-electron chi connectivity index (χ0n) is 15.0. The number of hydrogen-bond donors (Lipinski definition) is 2. The minimum atomic E-state index is -0.341. The number of likely N-dealkylation sites (N-methyl/N-ethyl adjacent to an activating group) is 1. The molecular formula is C16H28N6O2. The molecule has 1 aromatic rings. The zero-order chi connectivity index (χ0) is 17.7. The van der Waals surface area contributed by atoms with Crippen molar-refractivity contribution in [2.75, 3.05) is 33.2 Å². The molecule has 0 aromatic carbocycles. The lowest BCUT2D eigenvalue weighted by Crippen LogP contribution is -2.54. The Kier molecular flexibility index (Phi) is 6.19. The molecule has 1 aliphatic heterocycles. The molecule has 0 spiro atoms. The molecule has 0 aliphatic carbocycles. The standard InChI is InChI=1S/C16H28N6O2/c1-5-13(6-2)22-12(3)14(11-17-22)15(23)18-19-16(24)21-9-7-20(4)8-10-21/h11,13H,5-10H2,1-4H3,(H,18,23)(H,19,24). The van der Waals surface area contributed by atoms with Crippen LogP contribution < -0.4 is 10.9 Å². The van der Waals surface area contributed by atoms with Gasteiger partial charge in [-0.3, -0.25) is 14.9 Å². The monoisotopic (exact) mass is 336 g/mol. The highest BCUT2D eigenvalue weighted by Crippen LogP contribution is 2.19. The van der Waals surface area contributed by atoms with E-state index in [1.807, 2.05) is 18.7 Å². The summed E-state index contributed by atoms with van der Waals surface area (Å²) in [6, 6.07) is 0.00738. The van der Waals surface area contributed by atoms with E-state index in [9.17, 15) is 9.59 Å². The molecule has 1 aromatic heterocycles. The molecule has 1 aliphatic rings. The Labute approximate surface area is 143 Å². The maximum Gasteiger partial charge on any atom is 0.336 e. The molecule has 3 amide bonds. The van der Waals surface area contributed by atoms with E-state index in [4.69, 9.17) is 0 Å². The fourth-order valence-corrected chi connectivity index (χ4v) is 2.92. The van der Waals surface area contributed by atoms with Crippen LogP contribution in [0.3, 0.4) is 0 Å². The Morgan fingerprint density at radius 1 is 1.17 bits per heavy atom. The number of rotatable bonds is 4. The van der Waals surface area contributed by atoms with Crippen molar-refractivity contribution in [3.05, 3.63) is 17.5 Å². The van der Waals surface area contributed by atoms with E-state index in [0.29, 0.717) is 18.7 Å². The van der Waals surface area contributed by atoms with Crippen molar-refractivity contribution in [1.29, 1.82) is 0 Å². The Bertz CT molecular complexity index is 573. The first-order chi connectivity index (χ1) is 11.5. The van der Waals surface area contributed by atoms with Gasteiger partial charge in [-0.2, -0.15) is 5.10 Å². The minimum Gasteiger partial charge on any atom is -0.321 e. The van der Waals surface area contributed by atoms with E-state index in [0.717, 1.165) is 31.6 Å². The predicted molar refractivity (Wildman–Crippen MR) is 91.7 cm³/mol. The topological polar surface area (TPSA) is 82.5 Å². The van der Waals surface area contributed by atoms with Gasteiger partial charge in [0.25, 0.3) is 5.91 Å². The number of hydrogen-bond acceptors (Lipinski definition) is 4. The van der Waals surface area contributed by atoms with Crippen molar-refractivity contribution >= 4 is 11.9 Å². The van der Waals surface area contributed by atoms with Crippen molar-refractivity contribution in [1.82, 2.24) is 30.4 Å². The van der Waals surface area contributed by atoms with Crippen molar-refractivity contribution in [3.8, 4) is 0 Å². The van der Waals surface area contributed by atoms with Crippen LogP contribution >= 0.6 is 0 Å². The number of aromatic nitrogens is 2. The highest BCUT2D eigenvalue weighted by molar-refractivity contribution is 5.96. The van der Waals surface area contributed by atoms with Crippen LogP contribution in [0.15, 0.2) is 6.20 Å². The van der Waals surface area contributed by atoms with E-state index in [1.54, 1.807) is 11.1 Å². The third-order valence-corrected chi connectivity index (χ3v) is 4.65. The summed E-state index contributed by atoms with van der Waals surface area (Å²) in [4.78, 5) is 28.3. The smallest absolute Gasteiger partial charge is 0.321 e. The maximum atomic E-state index is 12.3. The summed E-state index contributed by atoms with van der Waals surface area (Å²) in [5.74, 6) is -0.341. The van der Waals surface area contributed by atoms with E-state index in [2.05, 4.69) is 34.7 Å². The molecule has 0 radical (unpaired) electrons. The van der Waals surface area contributed by atoms with Crippen LogP contribution in [0.2, 0.25) is 0 Å². The SMILES string of the molecule is CCC(CC)n1ncc(C(=O)NNC(=O)N2CCN(C)CC2)c1C. The molecule has 134 valence electrons. The maximum absolute atomic E-state index is 12.3. The molecule has 2 heterocycles. The van der Waals surface area contributed by atoms with E-state index >= 15 is 0 Å². The van der Waals surface area contributed by atoms with E-state index in [-0.39, 0.29) is 18.0 Å². The number of carbonyl (C=O) groups is 2. The number of urea groups is 1. The lowest BCUT2D eigenvalue weighted by atomic mass is 10.1. The quantitative estimate of drug-likeness (QED) is 0.808. The summed E-state index contributed by atoms with van der Waals surface area (Å²) < 4.78 is 1.89. The fraction of sp³-hybridized carbons (Fsp3) is 0.688. The van der Waals surface area contributed by atoms with Crippen LogP contribution in [0, 0.1) is 6.92 Å². The Morgan fingerprint density at radius 2 is 1.79 bits per heavy atom. The molecular weight excluding hydrogens is 308 g/mol. The summed E-state index contributed by atoms with van der Waals surface area (Å²) >= 11 is 0. The zero-order valence-corrected chi connectivity index (χ0v) is 15.0. The van der Waals surface area contributed by atoms with Crippen molar-refractivity contribution in [2.24, 2.45) is 0 Å². The van der Waals surface area contributed by atoms with Crippen LogP contribution in [0.5, 0.6) is 0 Å². The second-order valence-electron chi connectivity index (χ2n) is 6.23. The highest BCUT2D eigenvalue weighted by Gasteiger charge is 2.21. The van der Waals surface area contributed by atoms with Gasteiger partial charge >= 0.3 is 6.03 Å². The summed E-state index contributed by atoms with van der Waals surface area (Å²) in [5, 5.41) is 4.33. The average Bonchev–Trinajstić information content (AvgIpc) is 2.96. The van der Waals surface area contributed by atoms with Crippen LogP contribution in [0.25, 0.3) is 0 Å². The Balaban J connectivity index is 1.92. The van der Waals surface area contributed by atoms with Gasteiger partial charge < -0.3 is 9.80 Å². The van der Waals surface area contributed by atoms with Gasteiger partial charge in [-0.15, -0.1) is 0 Å². The van der Waals surface area contributed by atoms with Gasteiger partial charge in [0.15, 0.2) is 0 Å². The summed E-state index contributed by atoms with van der Waals surface area (Å²) in [6.07, 6.45) is 3.48. The fourth-order valence-electron chi connectivity index (χ4n) is 2.92. The second kappa shape index (κ2) is 8.14. The predicted octanol–water partition coefficient (Wildman–Crippen LogP) is 1.15. The first kappa shape index (κ1) is 18.3. The molecule has 8 heteroatoms. The molecule has 0 bridgehead atoms. The number of piperazine rings is 1. The molecule has 1 saturated heterocycles. The lowest BCUT2D eigenvalue weighted by Gasteiger charge is -2.32. The van der Waals surface area contributed by atoms with E-state index < -0.39 is 0 Å². The number of nitrogens with zero attached hydrogens (tertiary/aromatic N) is 4. The van der Waals surface area contributed by atoms with Crippen LogP contribution in [-0.4, -0.2) is 64.7 Å². The number of amides is 3. The van der Waals surface area contributed by atoms with Gasteiger partial charge in [-0.1, -0.05) is 13.8 Å². The average molecular weight is 336 g/mol. The molecule has 0 unspecified atom stereocenters. The molecule has 2 rings (SSSR count). The largest absolute Gasteiger partial charge is 0.336 e. The summed E-state index contributed by atoms with van der Waals surface area (Å²) in [7, 11) is 2.03. The molecule has 24 heavy (non-hydrogen) atoms. The van der Waals surface area contributed by atoms with Crippen molar-refractivity contribution < 1.29 is 9.59 Å². The van der Waals surface area contributed by atoms with Gasteiger partial charge in [-0.25, -0.2) is 10.2 Å². The number of hydrazine groups is 1. The van der Waals surface area contributed by atoms with Crippen molar-refractivity contribution in [3.63, 3.8) is 0 Å².